The number of nitrogens with one attached hydrogen (secondary N) is 1. The highest BCUT2D eigenvalue weighted by Crippen LogP contribution is 2.18. The summed E-state index contributed by atoms with van der Waals surface area (Å²) in [6.07, 6.45) is 4.63. The van der Waals surface area contributed by atoms with Crippen molar-refractivity contribution in [2.24, 2.45) is 0 Å². The first kappa shape index (κ1) is 21.3. The average Bonchev–Trinajstić information content (AvgIpc) is 3.16. The quantitative estimate of drug-likeness (QED) is 0.745. The summed E-state index contributed by atoms with van der Waals surface area (Å²) in [4.78, 5) is 20.0. The van der Waals surface area contributed by atoms with Gasteiger partial charge in [0.25, 0.3) is 0 Å². The molecule has 2 unspecified atom stereocenters. The molecular weight excluding hydrogens is 348 g/mol. The fourth-order valence-electron chi connectivity index (χ4n) is 4.61. The Morgan fingerprint density at radius 3 is 2.57 bits per heavy atom. The molecule has 0 spiro atoms. The van der Waals surface area contributed by atoms with Crippen LogP contribution in [0, 0.1) is 0 Å². The molecule has 5 nitrogen and oxygen atoms in total. The first-order chi connectivity index (χ1) is 13.6. The van der Waals surface area contributed by atoms with Gasteiger partial charge in [-0.3, -0.25) is 19.5 Å². The van der Waals surface area contributed by atoms with Gasteiger partial charge in [0.15, 0.2) is 0 Å². The van der Waals surface area contributed by atoms with Crippen molar-refractivity contribution in [2.45, 2.75) is 64.2 Å². The maximum Gasteiger partial charge on any atom is 0.237 e. The molecule has 0 bridgehead atoms. The summed E-state index contributed by atoms with van der Waals surface area (Å²) in [7, 11) is 2.10. The van der Waals surface area contributed by atoms with Crippen LogP contribution in [0.15, 0.2) is 30.3 Å². The minimum absolute atomic E-state index is 0.0679. The Balaban J connectivity index is 1.39. The minimum atomic E-state index is -0.0679. The lowest BCUT2D eigenvalue weighted by molar-refractivity contribution is -0.126. The van der Waals surface area contributed by atoms with Crippen LogP contribution in [0.25, 0.3) is 0 Å². The molecule has 0 radical (unpaired) electrons. The van der Waals surface area contributed by atoms with Crippen molar-refractivity contribution in [3.8, 4) is 0 Å². The monoisotopic (exact) mass is 386 g/mol. The molecule has 1 amide bonds. The van der Waals surface area contributed by atoms with E-state index in [9.17, 15) is 4.79 Å². The summed E-state index contributed by atoms with van der Waals surface area (Å²) >= 11 is 0. The summed E-state index contributed by atoms with van der Waals surface area (Å²) < 4.78 is 0. The second-order valence-corrected chi connectivity index (χ2v) is 8.58. The van der Waals surface area contributed by atoms with E-state index in [0.717, 1.165) is 45.6 Å². The van der Waals surface area contributed by atoms with Gasteiger partial charge in [0.1, 0.15) is 0 Å². The van der Waals surface area contributed by atoms with E-state index in [1.54, 1.807) is 0 Å². The Labute approximate surface area is 171 Å². The highest BCUT2D eigenvalue weighted by molar-refractivity contribution is 5.81. The smallest absolute Gasteiger partial charge is 0.237 e. The van der Waals surface area contributed by atoms with Gasteiger partial charge in [0.05, 0.1) is 6.04 Å². The van der Waals surface area contributed by atoms with Crippen molar-refractivity contribution >= 4 is 5.91 Å². The van der Waals surface area contributed by atoms with E-state index in [1.165, 1.54) is 24.9 Å². The first-order valence-electron chi connectivity index (χ1n) is 11.1. The second kappa shape index (κ2) is 10.4. The fourth-order valence-corrected chi connectivity index (χ4v) is 4.61. The van der Waals surface area contributed by atoms with Crippen LogP contribution in [-0.2, 0) is 11.3 Å². The van der Waals surface area contributed by atoms with Crippen molar-refractivity contribution in [2.75, 3.05) is 39.8 Å². The van der Waals surface area contributed by atoms with Gasteiger partial charge < -0.3 is 5.32 Å². The van der Waals surface area contributed by atoms with Crippen LogP contribution >= 0.6 is 0 Å². The highest BCUT2D eigenvalue weighted by atomic mass is 16.2. The molecule has 2 heterocycles. The molecule has 2 aliphatic rings. The molecule has 1 aromatic carbocycles. The summed E-state index contributed by atoms with van der Waals surface area (Å²) in [5.74, 6) is 0.185. The van der Waals surface area contributed by atoms with Crippen molar-refractivity contribution < 1.29 is 4.79 Å². The van der Waals surface area contributed by atoms with Crippen LogP contribution in [0.4, 0.5) is 0 Å². The van der Waals surface area contributed by atoms with Crippen LogP contribution in [0.3, 0.4) is 0 Å². The maximum atomic E-state index is 12.8. The Kier molecular flexibility index (Phi) is 7.89. The molecule has 28 heavy (non-hydrogen) atoms. The number of hydrogen-bond donors (Lipinski definition) is 1. The number of nitrogens with zero attached hydrogens (tertiary/aromatic N) is 3. The zero-order valence-corrected chi connectivity index (χ0v) is 17.9. The van der Waals surface area contributed by atoms with Crippen molar-refractivity contribution in [1.82, 2.24) is 20.0 Å². The number of benzene rings is 1. The topological polar surface area (TPSA) is 38.8 Å². The molecule has 1 N–H and O–H groups in total. The summed E-state index contributed by atoms with van der Waals surface area (Å²) in [6.45, 7) is 10.7. The molecule has 0 saturated carbocycles. The number of rotatable bonds is 8. The fraction of sp³-hybridized carbons (Fsp3) is 0.696. The van der Waals surface area contributed by atoms with E-state index in [2.05, 4.69) is 64.3 Å². The minimum Gasteiger partial charge on any atom is -0.352 e. The lowest BCUT2D eigenvalue weighted by atomic mass is 10.0. The van der Waals surface area contributed by atoms with E-state index >= 15 is 0 Å². The number of carbonyl (C=O) groups excluding carboxylic acids is 1. The Bertz CT molecular complexity index is 600. The lowest BCUT2D eigenvalue weighted by Gasteiger charge is -2.34. The summed E-state index contributed by atoms with van der Waals surface area (Å²) in [5.41, 5.74) is 1.37. The zero-order valence-electron chi connectivity index (χ0n) is 17.9. The largest absolute Gasteiger partial charge is 0.352 e. The second-order valence-electron chi connectivity index (χ2n) is 8.58. The number of carbonyl (C=O) groups is 1. The zero-order chi connectivity index (χ0) is 19.9. The highest BCUT2D eigenvalue weighted by Gasteiger charge is 2.28. The third-order valence-corrected chi connectivity index (χ3v) is 6.63. The third kappa shape index (κ3) is 5.79. The van der Waals surface area contributed by atoms with Gasteiger partial charge in [-0.15, -0.1) is 0 Å². The van der Waals surface area contributed by atoms with E-state index in [4.69, 9.17) is 0 Å². The number of amides is 1. The predicted molar refractivity (Wildman–Crippen MR) is 115 cm³/mol. The Hall–Kier alpha value is -1.43. The molecule has 2 fully saturated rings. The average molecular weight is 387 g/mol. The molecule has 3 rings (SSSR count). The van der Waals surface area contributed by atoms with Gasteiger partial charge in [-0.2, -0.15) is 0 Å². The third-order valence-electron chi connectivity index (χ3n) is 6.63. The molecule has 2 aliphatic heterocycles. The molecule has 0 aliphatic carbocycles. The van der Waals surface area contributed by atoms with Gasteiger partial charge in [-0.1, -0.05) is 37.3 Å². The van der Waals surface area contributed by atoms with Crippen molar-refractivity contribution in [3.05, 3.63) is 35.9 Å². The molecule has 0 aromatic heterocycles. The van der Waals surface area contributed by atoms with Crippen molar-refractivity contribution in [1.29, 1.82) is 0 Å². The lowest BCUT2D eigenvalue weighted by Crippen LogP contribution is -2.52. The predicted octanol–water partition coefficient (Wildman–Crippen LogP) is 2.57. The molecule has 1 aromatic rings. The van der Waals surface area contributed by atoms with Crippen LogP contribution in [0.5, 0.6) is 0 Å². The molecular formula is C23H38N4O. The Morgan fingerprint density at radius 1 is 1.18 bits per heavy atom. The van der Waals surface area contributed by atoms with E-state index in [1.807, 2.05) is 6.92 Å². The maximum absolute atomic E-state index is 12.8. The van der Waals surface area contributed by atoms with Crippen LogP contribution in [0.2, 0.25) is 0 Å². The normalized spacial score (nSPS) is 23.2. The Morgan fingerprint density at radius 2 is 1.89 bits per heavy atom. The first-order valence-corrected chi connectivity index (χ1v) is 11.1. The van der Waals surface area contributed by atoms with Crippen LogP contribution in [0.1, 0.15) is 45.1 Å². The number of likely N-dealkylation sites (tertiary alicyclic amines) is 2. The number of likely N-dealkylation sites (N-methyl/N-ethyl adjacent to an activating group) is 2. The van der Waals surface area contributed by atoms with Gasteiger partial charge in [-0.25, -0.2) is 0 Å². The molecule has 5 heteroatoms. The molecule has 2 saturated heterocycles. The van der Waals surface area contributed by atoms with Gasteiger partial charge >= 0.3 is 0 Å². The summed E-state index contributed by atoms with van der Waals surface area (Å²) in [6, 6.07) is 11.5. The van der Waals surface area contributed by atoms with Gasteiger partial charge in [-0.05, 0) is 58.3 Å². The van der Waals surface area contributed by atoms with Gasteiger partial charge in [0, 0.05) is 38.3 Å². The van der Waals surface area contributed by atoms with Crippen LogP contribution in [-0.4, -0.2) is 78.5 Å². The van der Waals surface area contributed by atoms with E-state index < -0.39 is 0 Å². The molecule has 2 atom stereocenters. The summed E-state index contributed by atoms with van der Waals surface area (Å²) in [5, 5.41) is 3.31. The van der Waals surface area contributed by atoms with E-state index in [0.29, 0.717) is 12.1 Å². The standard InChI is InChI=1S/C23H38N4O/c1-4-27-14-8-11-22(27)18-25(3)19(2)23(28)24-21-12-15-26(16-13-21)17-20-9-6-5-7-10-20/h5-7,9-10,19,21-22H,4,8,11-18H2,1-3H3,(H,24,28). The SMILES string of the molecule is CCN1CCCC1CN(C)C(C)C(=O)NC1CCN(Cc2ccccc2)CC1. The molecule has 156 valence electrons. The van der Waals surface area contributed by atoms with Crippen LogP contribution < -0.4 is 5.32 Å². The number of hydrogen-bond acceptors (Lipinski definition) is 4. The number of piperidine rings is 1. The van der Waals surface area contributed by atoms with Crippen molar-refractivity contribution in [3.63, 3.8) is 0 Å². The van der Waals surface area contributed by atoms with E-state index in [-0.39, 0.29) is 11.9 Å². The van der Waals surface area contributed by atoms with Gasteiger partial charge in [0.2, 0.25) is 5.91 Å².